The quantitative estimate of drug-likeness (QED) is 0.800. The molecule has 6 heteroatoms. The molecule has 0 saturated carbocycles. The Morgan fingerprint density at radius 3 is 2.78 bits per heavy atom. The van der Waals surface area contributed by atoms with Gasteiger partial charge in [0.1, 0.15) is 13.2 Å². The summed E-state index contributed by atoms with van der Waals surface area (Å²) in [6, 6.07) is 5.74. The maximum absolute atomic E-state index is 5.54. The van der Waals surface area contributed by atoms with Gasteiger partial charge in [0.25, 0.3) is 0 Å². The maximum atomic E-state index is 5.54. The lowest BCUT2D eigenvalue weighted by Gasteiger charge is -2.18. The van der Waals surface area contributed by atoms with E-state index in [0.717, 1.165) is 22.9 Å². The first kappa shape index (κ1) is 11.5. The molecule has 1 aromatic heterocycles. The Bertz CT molecular complexity index is 568. The molecule has 2 aromatic rings. The van der Waals surface area contributed by atoms with Crippen LogP contribution in [-0.2, 0) is 0 Å². The van der Waals surface area contributed by atoms with Crippen molar-refractivity contribution in [2.24, 2.45) is 0 Å². The Kier molecular flexibility index (Phi) is 2.95. The van der Waals surface area contributed by atoms with Gasteiger partial charge in [-0.15, -0.1) is 5.10 Å². The minimum absolute atomic E-state index is 0.184. The molecule has 0 amide bonds. The standard InChI is InChI=1S/C12H12BrN3O2/c1-8(13)10-7-16(15-14-10)9-2-3-11-12(6-9)18-5-4-17-11/h2-3,6-8H,4-5H2,1H3. The largest absolute Gasteiger partial charge is 0.486 e. The van der Waals surface area contributed by atoms with Crippen molar-refractivity contribution < 1.29 is 9.47 Å². The van der Waals surface area contributed by atoms with E-state index in [0.29, 0.717) is 13.2 Å². The smallest absolute Gasteiger partial charge is 0.163 e. The van der Waals surface area contributed by atoms with Crippen LogP contribution in [-0.4, -0.2) is 28.2 Å². The summed E-state index contributed by atoms with van der Waals surface area (Å²) in [4.78, 5) is 0.184. The lowest BCUT2D eigenvalue weighted by atomic mass is 10.2. The van der Waals surface area contributed by atoms with E-state index in [2.05, 4.69) is 26.2 Å². The van der Waals surface area contributed by atoms with Gasteiger partial charge in [-0.2, -0.15) is 0 Å². The molecule has 1 aliphatic rings. The third-order valence-electron chi connectivity index (χ3n) is 2.71. The van der Waals surface area contributed by atoms with Gasteiger partial charge in [0.15, 0.2) is 11.5 Å². The molecule has 1 aliphatic heterocycles. The molecule has 3 rings (SSSR count). The Morgan fingerprint density at radius 1 is 1.28 bits per heavy atom. The van der Waals surface area contributed by atoms with Crippen molar-refractivity contribution in [3.63, 3.8) is 0 Å². The van der Waals surface area contributed by atoms with Crippen LogP contribution in [0.5, 0.6) is 11.5 Å². The first-order chi connectivity index (χ1) is 8.74. The molecule has 0 aliphatic carbocycles. The van der Waals surface area contributed by atoms with E-state index in [1.54, 1.807) is 4.68 Å². The van der Waals surface area contributed by atoms with E-state index in [1.807, 2.05) is 31.3 Å². The topological polar surface area (TPSA) is 49.2 Å². The Hall–Kier alpha value is -1.56. The number of benzene rings is 1. The Morgan fingerprint density at radius 2 is 2.06 bits per heavy atom. The van der Waals surface area contributed by atoms with Crippen LogP contribution < -0.4 is 9.47 Å². The first-order valence-electron chi connectivity index (χ1n) is 5.70. The molecule has 0 N–H and O–H groups in total. The third-order valence-corrected chi connectivity index (χ3v) is 3.18. The zero-order valence-corrected chi connectivity index (χ0v) is 11.4. The number of halogens is 1. The fourth-order valence-electron chi connectivity index (χ4n) is 1.76. The molecular formula is C12H12BrN3O2. The minimum Gasteiger partial charge on any atom is -0.486 e. The average molecular weight is 310 g/mol. The fraction of sp³-hybridized carbons (Fsp3) is 0.333. The molecule has 0 fully saturated rings. The van der Waals surface area contributed by atoms with Crippen molar-refractivity contribution in [2.45, 2.75) is 11.8 Å². The van der Waals surface area contributed by atoms with Gasteiger partial charge in [0.05, 0.1) is 22.4 Å². The molecule has 5 nitrogen and oxygen atoms in total. The number of alkyl halides is 1. The lowest BCUT2D eigenvalue weighted by molar-refractivity contribution is 0.171. The highest BCUT2D eigenvalue weighted by Gasteiger charge is 2.13. The third kappa shape index (κ3) is 2.08. The summed E-state index contributed by atoms with van der Waals surface area (Å²) in [7, 11) is 0. The SMILES string of the molecule is CC(Br)c1cn(-c2ccc3c(c2)OCCO3)nn1. The van der Waals surface area contributed by atoms with Crippen molar-refractivity contribution >= 4 is 15.9 Å². The summed E-state index contributed by atoms with van der Waals surface area (Å²) < 4.78 is 12.8. The number of aromatic nitrogens is 3. The van der Waals surface area contributed by atoms with Crippen LogP contribution in [0.25, 0.3) is 5.69 Å². The van der Waals surface area contributed by atoms with Crippen LogP contribution in [0.15, 0.2) is 24.4 Å². The van der Waals surface area contributed by atoms with E-state index in [4.69, 9.17) is 9.47 Å². The molecule has 2 heterocycles. The van der Waals surface area contributed by atoms with Gasteiger partial charge in [0.2, 0.25) is 0 Å². The molecule has 0 radical (unpaired) electrons. The minimum atomic E-state index is 0.184. The Balaban J connectivity index is 1.95. The molecule has 1 atom stereocenters. The lowest BCUT2D eigenvalue weighted by Crippen LogP contribution is -2.15. The molecule has 0 saturated heterocycles. The van der Waals surface area contributed by atoms with Crippen LogP contribution in [0.2, 0.25) is 0 Å². The number of hydrogen-bond donors (Lipinski definition) is 0. The summed E-state index contributed by atoms with van der Waals surface area (Å²) >= 11 is 3.47. The molecule has 0 bridgehead atoms. The zero-order valence-electron chi connectivity index (χ0n) is 9.84. The second-order valence-corrected chi connectivity index (χ2v) is 5.41. The summed E-state index contributed by atoms with van der Waals surface area (Å²) in [5.74, 6) is 1.53. The van der Waals surface area contributed by atoms with Crippen LogP contribution in [0.3, 0.4) is 0 Å². The summed E-state index contributed by atoms with van der Waals surface area (Å²) in [6.07, 6.45) is 1.89. The van der Waals surface area contributed by atoms with Gasteiger partial charge in [-0.3, -0.25) is 0 Å². The highest BCUT2D eigenvalue weighted by atomic mass is 79.9. The van der Waals surface area contributed by atoms with Gasteiger partial charge in [-0.25, -0.2) is 4.68 Å². The predicted molar refractivity (Wildman–Crippen MR) is 69.7 cm³/mol. The molecule has 1 unspecified atom stereocenters. The first-order valence-corrected chi connectivity index (χ1v) is 6.62. The van der Waals surface area contributed by atoms with Crippen molar-refractivity contribution in [3.8, 4) is 17.2 Å². The van der Waals surface area contributed by atoms with Crippen molar-refractivity contribution in [1.82, 2.24) is 15.0 Å². The summed E-state index contributed by atoms with van der Waals surface area (Å²) in [6.45, 7) is 3.19. The van der Waals surface area contributed by atoms with Crippen molar-refractivity contribution in [3.05, 3.63) is 30.1 Å². The number of ether oxygens (including phenoxy) is 2. The van der Waals surface area contributed by atoms with Crippen LogP contribution >= 0.6 is 15.9 Å². The second kappa shape index (κ2) is 4.61. The van der Waals surface area contributed by atoms with Gasteiger partial charge >= 0.3 is 0 Å². The number of fused-ring (bicyclic) bond motifs is 1. The van der Waals surface area contributed by atoms with E-state index >= 15 is 0 Å². The van der Waals surface area contributed by atoms with Crippen LogP contribution in [0.1, 0.15) is 17.4 Å². The normalized spacial score (nSPS) is 15.4. The van der Waals surface area contributed by atoms with E-state index in [1.165, 1.54) is 0 Å². The summed E-state index contributed by atoms with van der Waals surface area (Å²) in [5.41, 5.74) is 1.80. The molecular weight excluding hydrogens is 298 g/mol. The highest BCUT2D eigenvalue weighted by Crippen LogP contribution is 2.32. The van der Waals surface area contributed by atoms with Crippen LogP contribution in [0.4, 0.5) is 0 Å². The number of nitrogens with zero attached hydrogens (tertiary/aromatic N) is 3. The Labute approximate surface area is 113 Å². The number of hydrogen-bond acceptors (Lipinski definition) is 4. The van der Waals surface area contributed by atoms with E-state index in [9.17, 15) is 0 Å². The fourth-order valence-corrected chi connectivity index (χ4v) is 1.97. The van der Waals surface area contributed by atoms with Gasteiger partial charge in [-0.05, 0) is 19.1 Å². The zero-order chi connectivity index (χ0) is 12.5. The molecule has 0 spiro atoms. The van der Waals surface area contributed by atoms with E-state index in [-0.39, 0.29) is 4.83 Å². The van der Waals surface area contributed by atoms with Crippen molar-refractivity contribution in [1.29, 1.82) is 0 Å². The molecule has 94 valence electrons. The van der Waals surface area contributed by atoms with Crippen LogP contribution in [0, 0.1) is 0 Å². The monoisotopic (exact) mass is 309 g/mol. The highest BCUT2D eigenvalue weighted by molar-refractivity contribution is 9.09. The van der Waals surface area contributed by atoms with Gasteiger partial charge < -0.3 is 9.47 Å². The average Bonchev–Trinajstić information content (AvgIpc) is 2.88. The molecule has 18 heavy (non-hydrogen) atoms. The summed E-state index contributed by atoms with van der Waals surface area (Å²) in [5, 5.41) is 8.20. The predicted octanol–water partition coefficient (Wildman–Crippen LogP) is 2.49. The number of rotatable bonds is 2. The maximum Gasteiger partial charge on any atom is 0.163 e. The molecule has 1 aromatic carbocycles. The van der Waals surface area contributed by atoms with Crippen molar-refractivity contribution in [2.75, 3.05) is 13.2 Å². The second-order valence-electron chi connectivity index (χ2n) is 4.03. The van der Waals surface area contributed by atoms with Gasteiger partial charge in [-0.1, -0.05) is 21.1 Å². The van der Waals surface area contributed by atoms with Gasteiger partial charge in [0, 0.05) is 6.07 Å². The van der Waals surface area contributed by atoms with E-state index < -0.39 is 0 Å².